The third-order valence-electron chi connectivity index (χ3n) is 5.94. The Bertz CT molecular complexity index is 815. The molecule has 3 rings (SSSR count). The molecule has 0 radical (unpaired) electrons. The van der Waals surface area contributed by atoms with Gasteiger partial charge in [-0.3, -0.25) is 9.69 Å². The highest BCUT2D eigenvalue weighted by Gasteiger charge is 2.40. The molecule has 1 aliphatic carbocycles. The second kappa shape index (κ2) is 10.1. The Morgan fingerprint density at radius 1 is 1.17 bits per heavy atom. The van der Waals surface area contributed by atoms with Crippen LogP contribution in [0.1, 0.15) is 43.0 Å². The number of carbonyl (C=O) groups is 2. The number of hydrogen-bond donors (Lipinski definition) is 2. The van der Waals surface area contributed by atoms with E-state index in [2.05, 4.69) is 47.1 Å². The van der Waals surface area contributed by atoms with E-state index in [9.17, 15) is 9.59 Å². The van der Waals surface area contributed by atoms with E-state index < -0.39 is 12.1 Å². The van der Waals surface area contributed by atoms with Gasteiger partial charge in [0.05, 0.1) is 5.54 Å². The summed E-state index contributed by atoms with van der Waals surface area (Å²) in [5.74, 6) is -0.176. The van der Waals surface area contributed by atoms with Crippen molar-refractivity contribution < 1.29 is 14.3 Å². The van der Waals surface area contributed by atoms with E-state index in [0.717, 1.165) is 31.2 Å². The van der Waals surface area contributed by atoms with Crippen LogP contribution in [0.4, 0.5) is 4.79 Å². The molecule has 2 aromatic rings. The van der Waals surface area contributed by atoms with Crippen LogP contribution in [0.2, 0.25) is 0 Å². The Morgan fingerprint density at radius 2 is 1.87 bits per heavy atom. The van der Waals surface area contributed by atoms with Crippen LogP contribution < -0.4 is 10.6 Å². The average molecular weight is 430 g/mol. The zero-order chi connectivity index (χ0) is 21.6. The van der Waals surface area contributed by atoms with Crippen molar-refractivity contribution in [3.05, 3.63) is 58.3 Å². The van der Waals surface area contributed by atoms with Crippen molar-refractivity contribution in [2.24, 2.45) is 0 Å². The van der Waals surface area contributed by atoms with Gasteiger partial charge < -0.3 is 15.4 Å². The SMILES string of the molecule is CC(NC(=O)OCc1ccccc1)C(=O)NC1CCC(c2cccs2)(N(C)C)CC1. The zero-order valence-corrected chi connectivity index (χ0v) is 18.7. The standard InChI is InChI=1S/C23H31N3O3S/c1-17(24-22(28)29-16-18-8-5-4-6-9-18)21(27)25-19-11-13-23(14-12-19,26(2)3)20-10-7-15-30-20/h4-10,15,17,19H,11-14,16H2,1-3H3,(H,24,28)(H,25,27). The minimum Gasteiger partial charge on any atom is -0.445 e. The topological polar surface area (TPSA) is 70.7 Å². The third-order valence-corrected chi connectivity index (χ3v) is 7.00. The van der Waals surface area contributed by atoms with Gasteiger partial charge in [-0.05, 0) is 63.7 Å². The molecule has 0 bridgehead atoms. The largest absolute Gasteiger partial charge is 0.445 e. The number of alkyl carbamates (subject to hydrolysis) is 1. The quantitative estimate of drug-likeness (QED) is 0.701. The highest BCUT2D eigenvalue weighted by molar-refractivity contribution is 7.10. The van der Waals surface area contributed by atoms with Crippen LogP contribution in [0.3, 0.4) is 0 Å². The monoisotopic (exact) mass is 429 g/mol. The van der Waals surface area contributed by atoms with Crippen molar-refractivity contribution >= 4 is 23.3 Å². The van der Waals surface area contributed by atoms with Crippen molar-refractivity contribution in [1.29, 1.82) is 0 Å². The van der Waals surface area contributed by atoms with E-state index in [-0.39, 0.29) is 24.1 Å². The van der Waals surface area contributed by atoms with Gasteiger partial charge in [-0.2, -0.15) is 0 Å². The lowest BCUT2D eigenvalue weighted by atomic mass is 9.77. The highest BCUT2D eigenvalue weighted by Crippen LogP contribution is 2.42. The summed E-state index contributed by atoms with van der Waals surface area (Å²) >= 11 is 1.80. The smallest absolute Gasteiger partial charge is 0.408 e. The lowest BCUT2D eigenvalue weighted by Crippen LogP contribution is -2.52. The summed E-state index contributed by atoms with van der Waals surface area (Å²) in [6.07, 6.45) is 3.22. The van der Waals surface area contributed by atoms with Gasteiger partial charge in [0.15, 0.2) is 0 Å². The van der Waals surface area contributed by atoms with Gasteiger partial charge in [0.2, 0.25) is 5.91 Å². The van der Waals surface area contributed by atoms with E-state index in [1.54, 1.807) is 18.3 Å². The van der Waals surface area contributed by atoms with Crippen LogP contribution in [-0.4, -0.2) is 43.1 Å². The van der Waals surface area contributed by atoms with E-state index >= 15 is 0 Å². The van der Waals surface area contributed by atoms with Crippen LogP contribution >= 0.6 is 11.3 Å². The Labute approximate surface area is 182 Å². The van der Waals surface area contributed by atoms with Crippen molar-refractivity contribution in [2.45, 2.75) is 56.8 Å². The van der Waals surface area contributed by atoms with E-state index in [0.29, 0.717) is 0 Å². The average Bonchev–Trinajstić information content (AvgIpc) is 3.29. The van der Waals surface area contributed by atoms with Crippen LogP contribution in [0.15, 0.2) is 47.8 Å². The number of carbonyl (C=O) groups excluding carboxylic acids is 2. The first-order valence-electron chi connectivity index (χ1n) is 10.4. The first-order chi connectivity index (χ1) is 14.4. The number of amides is 2. The molecule has 1 aliphatic rings. The Kier molecular flexibility index (Phi) is 7.50. The molecule has 1 aromatic carbocycles. The van der Waals surface area contributed by atoms with E-state index in [1.807, 2.05) is 30.3 Å². The molecule has 1 atom stereocenters. The molecule has 0 spiro atoms. The summed E-state index contributed by atoms with van der Waals surface area (Å²) in [4.78, 5) is 28.2. The second-order valence-corrected chi connectivity index (χ2v) is 9.06. The van der Waals surface area contributed by atoms with Gasteiger partial charge in [-0.1, -0.05) is 36.4 Å². The molecule has 6 nitrogen and oxygen atoms in total. The molecule has 2 amide bonds. The maximum Gasteiger partial charge on any atom is 0.408 e. The molecule has 0 aliphatic heterocycles. The summed E-state index contributed by atoms with van der Waals surface area (Å²) in [5, 5.41) is 7.84. The number of rotatable bonds is 7. The number of nitrogens with zero attached hydrogens (tertiary/aromatic N) is 1. The third kappa shape index (κ3) is 5.40. The molecule has 30 heavy (non-hydrogen) atoms. The summed E-state index contributed by atoms with van der Waals surface area (Å²) in [7, 11) is 4.26. The predicted octanol–water partition coefficient (Wildman–Crippen LogP) is 3.88. The summed E-state index contributed by atoms with van der Waals surface area (Å²) in [6, 6.07) is 13.2. The van der Waals surface area contributed by atoms with E-state index in [4.69, 9.17) is 4.74 Å². The number of ether oxygens (including phenoxy) is 1. The summed E-state index contributed by atoms with van der Waals surface area (Å²) in [5.41, 5.74) is 0.947. The Morgan fingerprint density at radius 3 is 2.47 bits per heavy atom. The first kappa shape index (κ1) is 22.3. The molecule has 1 unspecified atom stereocenters. The van der Waals surface area contributed by atoms with Crippen molar-refractivity contribution in [1.82, 2.24) is 15.5 Å². The minimum absolute atomic E-state index is 0.0422. The van der Waals surface area contributed by atoms with Gasteiger partial charge in [0, 0.05) is 10.9 Å². The van der Waals surface area contributed by atoms with Gasteiger partial charge in [-0.25, -0.2) is 4.79 Å². The van der Waals surface area contributed by atoms with Crippen LogP contribution in [0.5, 0.6) is 0 Å². The van der Waals surface area contributed by atoms with Crippen molar-refractivity contribution in [3.8, 4) is 0 Å². The molecule has 7 heteroatoms. The summed E-state index contributed by atoms with van der Waals surface area (Å²) in [6.45, 7) is 1.86. The normalized spacial score (nSPS) is 22.3. The highest BCUT2D eigenvalue weighted by atomic mass is 32.1. The predicted molar refractivity (Wildman–Crippen MR) is 119 cm³/mol. The van der Waals surface area contributed by atoms with Gasteiger partial charge in [0.1, 0.15) is 12.6 Å². The number of thiophene rings is 1. The van der Waals surface area contributed by atoms with E-state index in [1.165, 1.54) is 4.88 Å². The Hall–Kier alpha value is -2.38. The fraction of sp³-hybridized carbons (Fsp3) is 0.478. The molecule has 2 N–H and O–H groups in total. The van der Waals surface area contributed by atoms with Gasteiger partial charge >= 0.3 is 6.09 Å². The lowest BCUT2D eigenvalue weighted by Gasteiger charge is -2.44. The molecule has 162 valence electrons. The van der Waals surface area contributed by atoms with Gasteiger partial charge in [-0.15, -0.1) is 11.3 Å². The number of nitrogens with one attached hydrogen (secondary N) is 2. The second-order valence-electron chi connectivity index (χ2n) is 8.11. The number of hydrogen-bond acceptors (Lipinski definition) is 5. The van der Waals surface area contributed by atoms with Crippen LogP contribution in [-0.2, 0) is 21.7 Å². The zero-order valence-electron chi connectivity index (χ0n) is 17.9. The van der Waals surface area contributed by atoms with Crippen molar-refractivity contribution in [3.63, 3.8) is 0 Å². The van der Waals surface area contributed by atoms with Crippen LogP contribution in [0, 0.1) is 0 Å². The van der Waals surface area contributed by atoms with Gasteiger partial charge in [0.25, 0.3) is 0 Å². The maximum atomic E-state index is 12.6. The molecular formula is C23H31N3O3S. The fourth-order valence-corrected chi connectivity index (χ4v) is 5.10. The lowest BCUT2D eigenvalue weighted by molar-refractivity contribution is -0.123. The molecular weight excluding hydrogens is 398 g/mol. The molecule has 1 heterocycles. The first-order valence-corrected chi connectivity index (χ1v) is 11.3. The van der Waals surface area contributed by atoms with Crippen LogP contribution in [0.25, 0.3) is 0 Å². The Balaban J connectivity index is 1.45. The summed E-state index contributed by atoms with van der Waals surface area (Å²) < 4.78 is 5.20. The minimum atomic E-state index is -0.647. The maximum absolute atomic E-state index is 12.6. The number of benzene rings is 1. The molecule has 1 saturated carbocycles. The molecule has 0 saturated heterocycles. The molecule has 1 fully saturated rings. The van der Waals surface area contributed by atoms with Crippen molar-refractivity contribution in [2.75, 3.05) is 14.1 Å². The molecule has 1 aromatic heterocycles. The fourth-order valence-electron chi connectivity index (χ4n) is 4.03.